The highest BCUT2D eigenvalue weighted by atomic mass is 32.2. The Balaban J connectivity index is 1.56. The number of carboxylic acids is 1. The molecule has 1 aromatic carbocycles. The number of nitrogens with one attached hydrogen (secondary N) is 2. The summed E-state index contributed by atoms with van der Waals surface area (Å²) in [6.45, 7) is 8.24. The van der Waals surface area contributed by atoms with Crippen LogP contribution in [0.2, 0.25) is 0 Å². The number of amides is 3. The van der Waals surface area contributed by atoms with Gasteiger partial charge in [0.25, 0.3) is 5.91 Å². The third-order valence-electron chi connectivity index (χ3n) is 6.80. The molecule has 44 heavy (non-hydrogen) atoms. The number of carbonyl (C=O) groups excluding carboxylic acids is 3. The van der Waals surface area contributed by atoms with E-state index >= 15 is 0 Å². The van der Waals surface area contributed by atoms with E-state index in [0.717, 1.165) is 21.7 Å². The lowest BCUT2D eigenvalue weighted by molar-refractivity contribution is -0.145. The SMILES string of the molecule is Cc1ncsc1-c1ccc(CNC(=O)[C@@H]2SC[C@@H](O)CN2C(=O)[C@@H](NC(=O)CCOCCOCCC(=O)O)C(C)(C)C)cc1. The summed E-state index contributed by atoms with van der Waals surface area (Å²) >= 11 is 2.76. The number of thioether (sulfide) groups is 1. The highest BCUT2D eigenvalue weighted by molar-refractivity contribution is 8.00. The summed E-state index contributed by atoms with van der Waals surface area (Å²) in [5, 5.41) is 23.8. The quantitative estimate of drug-likeness (QED) is 0.210. The van der Waals surface area contributed by atoms with Crippen LogP contribution in [0.4, 0.5) is 0 Å². The number of thiazole rings is 1. The molecule has 0 unspecified atom stereocenters. The van der Waals surface area contributed by atoms with Crippen molar-refractivity contribution in [3.63, 3.8) is 0 Å². The maximum atomic E-state index is 13.8. The van der Waals surface area contributed by atoms with E-state index in [0.29, 0.717) is 5.75 Å². The van der Waals surface area contributed by atoms with Gasteiger partial charge in [-0.05, 0) is 23.5 Å². The van der Waals surface area contributed by atoms with Crippen LogP contribution in [0, 0.1) is 12.3 Å². The van der Waals surface area contributed by atoms with Crippen LogP contribution in [0.3, 0.4) is 0 Å². The topological polar surface area (TPSA) is 167 Å². The fourth-order valence-corrected chi connectivity index (χ4v) is 6.34. The van der Waals surface area contributed by atoms with Gasteiger partial charge in [0.15, 0.2) is 5.37 Å². The van der Waals surface area contributed by atoms with E-state index in [1.807, 2.05) is 57.5 Å². The van der Waals surface area contributed by atoms with Gasteiger partial charge in [-0.3, -0.25) is 19.2 Å². The van der Waals surface area contributed by atoms with Gasteiger partial charge in [-0.2, -0.15) is 0 Å². The highest BCUT2D eigenvalue weighted by Crippen LogP contribution is 2.29. The standard InChI is InChI=1S/C30H42N4O8S2/c1-19-25(44-18-32-19)21-7-5-20(6-8-21)15-31-27(39)29-34(16-22(35)17-43-29)28(40)26(30(2,3)4)33-23(36)9-11-41-13-14-42-12-10-24(37)38/h5-8,18,22,26,29,35H,9-17H2,1-4H3,(H,31,39)(H,33,36)(H,37,38)/t22-,26+,29-/m0/s1. The van der Waals surface area contributed by atoms with Crippen LogP contribution >= 0.6 is 23.1 Å². The van der Waals surface area contributed by atoms with Gasteiger partial charge in [0.05, 0.1) is 55.0 Å². The second-order valence-corrected chi connectivity index (χ2v) is 13.5. The number of carboxylic acid groups (broad SMARTS) is 1. The molecule has 0 bridgehead atoms. The number of hydrogen-bond donors (Lipinski definition) is 4. The van der Waals surface area contributed by atoms with Crippen molar-refractivity contribution in [2.75, 3.05) is 38.7 Å². The molecule has 0 spiro atoms. The maximum Gasteiger partial charge on any atom is 0.305 e. The maximum absolute atomic E-state index is 13.8. The molecule has 2 heterocycles. The lowest BCUT2D eigenvalue weighted by atomic mass is 9.85. The third kappa shape index (κ3) is 10.8. The van der Waals surface area contributed by atoms with Gasteiger partial charge in [0.2, 0.25) is 11.8 Å². The summed E-state index contributed by atoms with van der Waals surface area (Å²) in [5.41, 5.74) is 4.04. The van der Waals surface area contributed by atoms with Gasteiger partial charge in [-0.1, -0.05) is 45.0 Å². The first kappa shape index (κ1) is 35.4. The Labute approximate surface area is 265 Å². The zero-order valence-electron chi connectivity index (χ0n) is 25.5. The van der Waals surface area contributed by atoms with Crippen LogP contribution in [0.25, 0.3) is 10.4 Å². The molecule has 4 N–H and O–H groups in total. The minimum atomic E-state index is -0.946. The summed E-state index contributed by atoms with van der Waals surface area (Å²) in [7, 11) is 0. The zero-order chi connectivity index (χ0) is 32.3. The van der Waals surface area contributed by atoms with Crippen LogP contribution in [0.5, 0.6) is 0 Å². The monoisotopic (exact) mass is 650 g/mol. The number of aromatic nitrogens is 1. The molecule has 0 aliphatic carbocycles. The van der Waals surface area contributed by atoms with Gasteiger partial charge in [-0.25, -0.2) is 4.98 Å². The van der Waals surface area contributed by atoms with E-state index in [4.69, 9.17) is 14.6 Å². The van der Waals surface area contributed by atoms with Gasteiger partial charge < -0.3 is 35.2 Å². The van der Waals surface area contributed by atoms with Crippen molar-refractivity contribution in [1.82, 2.24) is 20.5 Å². The molecule has 0 radical (unpaired) electrons. The average Bonchev–Trinajstić information content (AvgIpc) is 3.40. The molecular weight excluding hydrogens is 608 g/mol. The predicted molar refractivity (Wildman–Crippen MR) is 168 cm³/mol. The zero-order valence-corrected chi connectivity index (χ0v) is 27.2. The van der Waals surface area contributed by atoms with Crippen molar-refractivity contribution in [2.24, 2.45) is 5.41 Å². The minimum Gasteiger partial charge on any atom is -0.481 e. The number of aryl methyl sites for hydroxylation is 1. The fraction of sp³-hybridized carbons (Fsp3) is 0.567. The normalized spacial score (nSPS) is 17.6. The molecule has 0 saturated carbocycles. The summed E-state index contributed by atoms with van der Waals surface area (Å²) < 4.78 is 10.5. The molecule has 1 aliphatic rings. The highest BCUT2D eigenvalue weighted by Gasteiger charge is 2.42. The molecule has 1 fully saturated rings. The molecule has 14 heteroatoms. The number of aliphatic hydroxyl groups is 1. The number of ether oxygens (including phenoxy) is 2. The van der Waals surface area contributed by atoms with Crippen LogP contribution in [0.15, 0.2) is 29.8 Å². The Morgan fingerprint density at radius 2 is 1.73 bits per heavy atom. The van der Waals surface area contributed by atoms with Gasteiger partial charge in [-0.15, -0.1) is 23.1 Å². The number of hydrogen-bond acceptors (Lipinski definition) is 10. The Bertz CT molecular complexity index is 1260. The van der Waals surface area contributed by atoms with E-state index in [1.165, 1.54) is 16.7 Å². The van der Waals surface area contributed by atoms with Crippen molar-refractivity contribution in [2.45, 2.75) is 64.6 Å². The second-order valence-electron chi connectivity index (χ2n) is 11.5. The van der Waals surface area contributed by atoms with Crippen molar-refractivity contribution < 1.29 is 38.9 Å². The summed E-state index contributed by atoms with van der Waals surface area (Å²) in [5.74, 6) is -1.84. The molecule has 242 valence electrons. The Morgan fingerprint density at radius 3 is 2.32 bits per heavy atom. The van der Waals surface area contributed by atoms with Crippen LogP contribution < -0.4 is 10.6 Å². The second kappa shape index (κ2) is 16.9. The van der Waals surface area contributed by atoms with E-state index in [-0.39, 0.29) is 58.3 Å². The number of nitrogens with zero attached hydrogens (tertiary/aromatic N) is 2. The van der Waals surface area contributed by atoms with Crippen molar-refractivity contribution >= 4 is 46.8 Å². The molecule has 1 saturated heterocycles. The number of aliphatic carboxylic acids is 1. The van der Waals surface area contributed by atoms with E-state index in [1.54, 1.807) is 11.3 Å². The average molecular weight is 651 g/mol. The Hall–Kier alpha value is -3.04. The molecule has 12 nitrogen and oxygen atoms in total. The molecule has 1 aliphatic heterocycles. The molecular formula is C30H42N4O8S2. The number of carbonyl (C=O) groups is 4. The van der Waals surface area contributed by atoms with Gasteiger partial charge in [0.1, 0.15) is 6.04 Å². The smallest absolute Gasteiger partial charge is 0.305 e. The molecule has 3 amide bonds. The third-order valence-corrected chi connectivity index (χ3v) is 9.14. The Morgan fingerprint density at radius 1 is 1.07 bits per heavy atom. The summed E-state index contributed by atoms with van der Waals surface area (Å²) in [4.78, 5) is 57.2. The first-order valence-corrected chi connectivity index (χ1v) is 16.3. The molecule has 3 atom stereocenters. The Kier molecular flexibility index (Phi) is 13.6. The number of benzene rings is 1. The number of rotatable bonds is 15. The lowest BCUT2D eigenvalue weighted by Gasteiger charge is -2.41. The first-order valence-electron chi connectivity index (χ1n) is 14.4. The molecule has 3 rings (SSSR count). The van der Waals surface area contributed by atoms with Gasteiger partial charge >= 0.3 is 5.97 Å². The lowest BCUT2D eigenvalue weighted by Crippen LogP contribution is -2.61. The van der Waals surface area contributed by atoms with E-state index < -0.39 is 40.7 Å². The van der Waals surface area contributed by atoms with E-state index in [9.17, 15) is 24.3 Å². The van der Waals surface area contributed by atoms with Crippen LogP contribution in [-0.4, -0.2) is 100 Å². The van der Waals surface area contributed by atoms with Crippen LogP contribution in [0.1, 0.15) is 44.9 Å². The first-order chi connectivity index (χ1) is 20.9. The van der Waals surface area contributed by atoms with E-state index in [2.05, 4.69) is 15.6 Å². The summed E-state index contributed by atoms with van der Waals surface area (Å²) in [6, 6.07) is 6.91. The minimum absolute atomic E-state index is 0.00235. The fourth-order valence-electron chi connectivity index (χ4n) is 4.41. The summed E-state index contributed by atoms with van der Waals surface area (Å²) in [6.07, 6.45) is -0.905. The molecule has 2 aromatic rings. The van der Waals surface area contributed by atoms with Crippen molar-refractivity contribution in [3.8, 4) is 10.4 Å². The van der Waals surface area contributed by atoms with Crippen molar-refractivity contribution in [1.29, 1.82) is 0 Å². The van der Waals surface area contributed by atoms with Crippen molar-refractivity contribution in [3.05, 3.63) is 41.0 Å². The van der Waals surface area contributed by atoms with Gasteiger partial charge in [0, 0.05) is 25.3 Å². The largest absolute Gasteiger partial charge is 0.481 e. The van der Waals surface area contributed by atoms with Crippen LogP contribution in [-0.2, 0) is 35.2 Å². The predicted octanol–water partition coefficient (Wildman–Crippen LogP) is 2.43. The number of β-amino-alcohol motifs (C(OH)–C–C–N with tert-alkyl or cyclic N) is 1. The molecule has 1 aromatic heterocycles. The number of aliphatic hydroxyl groups excluding tert-OH is 1.